The van der Waals surface area contributed by atoms with Crippen molar-refractivity contribution in [2.24, 2.45) is 34.8 Å². The van der Waals surface area contributed by atoms with E-state index < -0.39 is 186 Å². The van der Waals surface area contributed by atoms with Crippen molar-refractivity contribution in [3.63, 3.8) is 0 Å². The van der Waals surface area contributed by atoms with Crippen molar-refractivity contribution >= 4 is 168 Å². The molecule has 10 aromatic rings. The molecule has 3 fully saturated rings. The average Bonchev–Trinajstić information content (AvgIpc) is 1.67. The Morgan fingerprint density at radius 3 is 1.01 bits per heavy atom. The van der Waals surface area contributed by atoms with E-state index in [1.54, 1.807) is 49.2 Å². The zero-order chi connectivity index (χ0) is 107. The van der Waals surface area contributed by atoms with Crippen LogP contribution in [0.1, 0.15) is 152 Å². The van der Waals surface area contributed by atoms with Gasteiger partial charge in [0, 0.05) is 156 Å². The number of amides is 14. The monoisotopic (exact) mass is 2070 g/mol. The van der Waals surface area contributed by atoms with Gasteiger partial charge in [0.05, 0.1) is 12.6 Å². The van der Waals surface area contributed by atoms with Crippen molar-refractivity contribution in [2.45, 2.75) is 241 Å². The first-order valence-electron chi connectivity index (χ1n) is 51.1. The Bertz CT molecular complexity index is 6470. The summed E-state index contributed by atoms with van der Waals surface area (Å²) in [7, 11) is 0. The Morgan fingerprint density at radius 1 is 0.389 bits per heavy atom. The number of unbranched alkanes of at least 4 members (excludes halogenated alkanes) is 1. The Balaban J connectivity index is 0.771. The van der Waals surface area contributed by atoms with Crippen molar-refractivity contribution in [1.82, 2.24) is 109 Å². The Morgan fingerprint density at radius 2 is 0.691 bits per heavy atom. The molecule has 29 N–H and O–H groups in total. The number of likely N-dealkylation sites (tertiary alicyclic amines) is 3. The second-order valence-electron chi connectivity index (χ2n) is 39.1. The van der Waals surface area contributed by atoms with Gasteiger partial charge in [0.2, 0.25) is 82.7 Å². The number of hydrogen-bond donors (Lipinski definition) is 26. The summed E-state index contributed by atoms with van der Waals surface area (Å²) in [5.74, 6) is -13.2. The number of carboxylic acid groups (broad SMARTS) is 1. The molecule has 5 aromatic carbocycles. The van der Waals surface area contributed by atoms with Crippen molar-refractivity contribution in [3.05, 3.63) is 180 Å². The Labute approximate surface area is 866 Å². The number of guanidine groups is 2. The van der Waals surface area contributed by atoms with Gasteiger partial charge in [-0.1, -0.05) is 125 Å². The molecular formula is C105H139N27O16S. The molecule has 0 bridgehead atoms. The number of para-hydroxylation sites is 5. The van der Waals surface area contributed by atoms with Gasteiger partial charge in [-0.15, -0.1) is 0 Å². The van der Waals surface area contributed by atoms with Gasteiger partial charge >= 0.3 is 5.97 Å². The van der Waals surface area contributed by atoms with Crippen LogP contribution in [0, 0.1) is 22.7 Å². The number of aliphatic carboxylic acids is 1. The predicted molar refractivity (Wildman–Crippen MR) is 566 cm³/mol. The number of carbonyl (C=O) groups excluding carboxylic acids is 14. The summed E-state index contributed by atoms with van der Waals surface area (Å²) in [6, 6.07) is 17.9. The zero-order valence-corrected chi connectivity index (χ0v) is 85.0. The smallest absolute Gasteiger partial charge is 0.327 e. The van der Waals surface area contributed by atoms with Crippen LogP contribution in [0.15, 0.2) is 152 Å². The number of benzene rings is 5. The SMILES string of the molecule is CC[C@H](C)[C@H](N)C(=O)N[C@@H](CC(C)C)C(=O)N1CCC[C@H]1C(=O)N[C@@H](Cc1c[nH]c2ccccc12)C(=O)N[C@@H](CCCCN)C(=O)N[C@@H](Cc1c[nH]c2ccccc12)C(=O)N1CCC[C@H]1C(=O)N[C@@H](Cc1c[nH]c2ccccc12)C(=O)N[C@@H](Cc1c[nH]c2ccccc12)C(=O)N1CCC[C@H]1C(=O)N[C@@H](Cc1c[nH]c2ccccc12)C(=O)N[C@@H](CCCNC(=N)N)C(=O)N[C@@H](CCCNC(=N)N)C(=O)NCC(=O)N[C@@H](CS)C(=O)O. The van der Waals surface area contributed by atoms with Gasteiger partial charge < -0.3 is 137 Å². The van der Waals surface area contributed by atoms with Gasteiger partial charge in [-0.25, -0.2) is 4.79 Å². The molecule has 43 nitrogen and oxygen atoms in total. The van der Waals surface area contributed by atoms with E-state index in [0.29, 0.717) is 86.2 Å². The molecule has 14 amide bonds. The summed E-state index contributed by atoms with van der Waals surface area (Å²) in [4.78, 5) is 244. The molecule has 5 aromatic heterocycles. The van der Waals surface area contributed by atoms with Crippen LogP contribution >= 0.6 is 12.6 Å². The average molecular weight is 2070 g/mol. The first-order chi connectivity index (χ1) is 71.7. The van der Waals surface area contributed by atoms with E-state index in [9.17, 15) is 33.9 Å². The lowest BCUT2D eigenvalue weighted by Gasteiger charge is -2.32. The number of H-pyrrole nitrogens is 5. The van der Waals surface area contributed by atoms with Crippen LogP contribution in [0.4, 0.5) is 0 Å². The number of hydrogen-bond acceptors (Lipinski definition) is 20. The minimum atomic E-state index is -1.53. The van der Waals surface area contributed by atoms with Crippen molar-refractivity contribution < 1.29 is 77.0 Å². The molecule has 0 aliphatic carbocycles. The number of rotatable bonds is 53. The molecule has 3 aliphatic heterocycles. The lowest BCUT2D eigenvalue weighted by molar-refractivity contribution is -0.143. The standard InChI is InChI=1S/C105H139N27O16S/c1-5-59(4)89(107)99(143)129-81(45-58(2)3)100(144)130-42-20-36-85(130)96(140)124-78(46-60-51-114-70-28-11-6-23-65(60)70)93(137)122-76(33-16-17-39-106)92(136)127-82(49-63-54-117-73-31-14-9-26-68(63)73)101(145)131-43-21-38-87(131)98(142)126-80(48-62-53-116-72-30-13-8-25-67(62)72)95(139)128-83(50-64-55-118-74-32-15-10-27-69(64)74)102(146)132-44-22-37-86(132)97(141)125-79(47-61-52-115-71-29-12-7-24-66(61)71)94(138)123-77(35-19-41-113-105(110)111)91(135)121-75(34-18-40-112-104(108)109)90(134)119-56-88(133)120-84(57-149)103(147)148/h6-15,23-32,51-55,58-59,75-87,89,114-118,149H,5,16-22,33-50,56-57,106-107H2,1-4H3,(H,119,134)(H,120,133)(H,121,135)(H,122,137)(H,123,138)(H,124,140)(H,125,141)(H,126,142)(H,127,136)(H,128,139)(H,129,143)(H,147,148)(H4,108,109,112)(H4,110,111,113)/t59-,75-,76-,77-,78-,79-,80-,81-,82-,83-,84-,85-,86-,87-,89-/m0/s1. The second-order valence-corrected chi connectivity index (χ2v) is 39.5. The Kier molecular flexibility index (Phi) is 39.3. The molecule has 149 heavy (non-hydrogen) atoms. The largest absolute Gasteiger partial charge is 0.480 e. The second kappa shape index (κ2) is 52.8. The molecular weight excluding hydrogens is 1930 g/mol. The maximum Gasteiger partial charge on any atom is 0.327 e. The number of nitrogens with two attached hydrogens (primary N) is 4. The summed E-state index contributed by atoms with van der Waals surface area (Å²) in [6.07, 6.45) is 10.5. The maximum atomic E-state index is 16.2. The van der Waals surface area contributed by atoms with Gasteiger partial charge in [-0.2, -0.15) is 12.6 Å². The normalized spacial score (nSPS) is 17.0. The topological polar surface area (TPSA) is 673 Å². The van der Waals surface area contributed by atoms with E-state index >= 15 is 43.2 Å². The quantitative estimate of drug-likeness (QED) is 0.0113. The number of nitrogens with one attached hydrogen (secondary N) is 20. The zero-order valence-electron chi connectivity index (χ0n) is 84.1. The lowest BCUT2D eigenvalue weighted by atomic mass is 9.97. The first-order valence-corrected chi connectivity index (χ1v) is 51.7. The molecule has 44 heteroatoms. The molecule has 13 rings (SSSR count). The highest BCUT2D eigenvalue weighted by Crippen LogP contribution is 2.31. The molecule has 0 unspecified atom stereocenters. The fourth-order valence-corrected chi connectivity index (χ4v) is 20.1. The number of nitrogens with zero attached hydrogens (tertiary/aromatic N) is 3. The minimum absolute atomic E-state index is 0.000295. The number of fused-ring (bicyclic) bond motifs is 5. The summed E-state index contributed by atoms with van der Waals surface area (Å²) in [5.41, 5.74) is 30.2. The van der Waals surface area contributed by atoms with Gasteiger partial charge in [0.25, 0.3) is 0 Å². The van der Waals surface area contributed by atoms with E-state index in [-0.39, 0.29) is 166 Å². The van der Waals surface area contributed by atoms with E-state index in [4.69, 9.17) is 33.8 Å². The predicted octanol–water partition coefficient (Wildman–Crippen LogP) is 2.63. The van der Waals surface area contributed by atoms with Gasteiger partial charge in [-0.05, 0) is 166 Å². The molecule has 796 valence electrons. The van der Waals surface area contributed by atoms with Crippen LogP contribution < -0.4 is 92.1 Å². The molecule has 0 saturated carbocycles. The van der Waals surface area contributed by atoms with Gasteiger partial charge in [0.1, 0.15) is 78.5 Å². The van der Waals surface area contributed by atoms with Gasteiger partial charge in [0.15, 0.2) is 11.9 Å². The minimum Gasteiger partial charge on any atom is -0.480 e. The van der Waals surface area contributed by atoms with Crippen molar-refractivity contribution in [3.8, 4) is 0 Å². The third-order valence-corrected chi connectivity index (χ3v) is 28.4. The molecule has 8 heterocycles. The number of aromatic nitrogens is 5. The van der Waals surface area contributed by atoms with E-state index in [1.807, 2.05) is 131 Å². The molecule has 0 radical (unpaired) electrons. The fraction of sp³-hybridized carbons (Fsp3) is 0.457. The van der Waals surface area contributed by atoms with E-state index in [2.05, 4.69) is 107 Å². The number of carboxylic acids is 1. The highest BCUT2D eigenvalue weighted by molar-refractivity contribution is 7.80. The van der Waals surface area contributed by atoms with Crippen molar-refractivity contribution in [1.29, 1.82) is 10.8 Å². The van der Waals surface area contributed by atoms with Crippen LogP contribution in [-0.2, 0) is 104 Å². The van der Waals surface area contributed by atoms with Crippen LogP contribution in [0.2, 0.25) is 0 Å². The summed E-state index contributed by atoms with van der Waals surface area (Å²) >= 11 is 3.99. The third kappa shape index (κ3) is 29.2. The summed E-state index contributed by atoms with van der Waals surface area (Å²) in [6.45, 7) is 7.34. The van der Waals surface area contributed by atoms with Crippen LogP contribution in [-0.4, -0.2) is 281 Å². The van der Waals surface area contributed by atoms with E-state index in [0.717, 1.165) is 21.8 Å². The maximum absolute atomic E-state index is 16.2. The van der Waals surface area contributed by atoms with Gasteiger partial charge in [-0.3, -0.25) is 77.9 Å². The first kappa shape index (κ1) is 111. The van der Waals surface area contributed by atoms with E-state index in [1.165, 1.54) is 14.7 Å². The van der Waals surface area contributed by atoms with Crippen molar-refractivity contribution in [2.75, 3.05) is 51.6 Å². The lowest BCUT2D eigenvalue weighted by Crippen LogP contribution is -2.61. The van der Waals surface area contributed by atoms with Crippen LogP contribution in [0.25, 0.3) is 54.5 Å². The van der Waals surface area contributed by atoms with Crippen LogP contribution in [0.3, 0.4) is 0 Å². The summed E-state index contributed by atoms with van der Waals surface area (Å²) < 4.78 is 0. The highest BCUT2D eigenvalue weighted by atomic mass is 32.1. The molecule has 0 spiro atoms. The number of carbonyl (C=O) groups is 15. The number of thiol groups is 1. The highest BCUT2D eigenvalue weighted by Gasteiger charge is 2.46. The molecule has 3 aliphatic rings. The molecule has 3 saturated heterocycles. The Hall–Kier alpha value is -15.3. The third-order valence-electron chi connectivity index (χ3n) is 28.1. The fourth-order valence-electron chi connectivity index (χ4n) is 19.9. The molecule has 15 atom stereocenters. The summed E-state index contributed by atoms with van der Waals surface area (Å²) in [5, 5.41) is 64.9. The number of aromatic amines is 5. The van der Waals surface area contributed by atoms with Crippen LogP contribution in [0.5, 0.6) is 0 Å².